The van der Waals surface area contributed by atoms with Crippen molar-refractivity contribution in [1.82, 2.24) is 10.2 Å². The fraction of sp³-hybridized carbons (Fsp3) is 0.364. The van der Waals surface area contributed by atoms with Crippen LogP contribution < -0.4 is 5.32 Å². The zero-order valence-corrected chi connectivity index (χ0v) is 15.4. The van der Waals surface area contributed by atoms with Crippen molar-refractivity contribution in [3.05, 3.63) is 59.7 Å². The third-order valence-corrected chi connectivity index (χ3v) is 4.87. The minimum atomic E-state index is -0.212. The average molecular weight is 363 g/mol. The Balaban J connectivity index is 1.53. The maximum absolute atomic E-state index is 12.4. The highest BCUT2D eigenvalue weighted by Crippen LogP contribution is 2.21. The first-order valence-corrected chi connectivity index (χ1v) is 9.45. The molecule has 0 aromatic heterocycles. The number of aliphatic hydroxyl groups excluding tert-OH is 1. The molecule has 2 aromatic rings. The molecule has 2 aromatic carbocycles. The molecule has 2 N–H and O–H groups in total. The number of carbonyl (C=O) groups excluding carboxylic acids is 1. The van der Waals surface area contributed by atoms with Crippen LogP contribution in [-0.4, -0.2) is 48.2 Å². The fourth-order valence-electron chi connectivity index (χ4n) is 3.45. The number of aliphatic hydroxyl groups is 1. The first-order valence-electron chi connectivity index (χ1n) is 9.45. The van der Waals surface area contributed by atoms with Gasteiger partial charge < -0.3 is 15.3 Å². The Morgan fingerprint density at radius 2 is 2.00 bits per heavy atom. The Morgan fingerprint density at radius 3 is 2.78 bits per heavy atom. The normalized spacial score (nSPS) is 17.3. The van der Waals surface area contributed by atoms with Gasteiger partial charge >= 0.3 is 0 Å². The molecule has 1 heterocycles. The van der Waals surface area contributed by atoms with E-state index >= 15 is 0 Å². The first kappa shape index (κ1) is 19.1. The molecule has 0 aliphatic carbocycles. The number of nitrogens with one attached hydrogen (secondary N) is 1. The lowest BCUT2D eigenvalue weighted by Gasteiger charge is -2.29. The summed E-state index contributed by atoms with van der Waals surface area (Å²) < 4.78 is 0. The molecule has 0 saturated carbocycles. The molecular weight excluding hydrogens is 338 g/mol. The maximum Gasteiger partial charge on any atom is 0.251 e. The van der Waals surface area contributed by atoms with Crippen molar-refractivity contribution in [2.75, 3.05) is 26.2 Å². The monoisotopic (exact) mass is 363 g/mol. The fourth-order valence-corrected chi connectivity index (χ4v) is 3.45. The first-order chi connectivity index (χ1) is 13.2. The smallest absolute Gasteiger partial charge is 0.251 e. The number of carbonyl (C=O) groups is 1. The highest BCUT2D eigenvalue weighted by Gasteiger charge is 2.16. The molecule has 1 fully saturated rings. The van der Waals surface area contributed by atoms with Crippen LogP contribution in [-0.2, 0) is 0 Å². The topological polar surface area (TPSA) is 76.4 Å². The number of nitrogens with zero attached hydrogens (tertiary/aromatic N) is 2. The quantitative estimate of drug-likeness (QED) is 0.774. The van der Waals surface area contributed by atoms with Gasteiger partial charge in [0, 0.05) is 18.7 Å². The summed E-state index contributed by atoms with van der Waals surface area (Å²) in [6.07, 6.45) is 2.58. The molecule has 0 unspecified atom stereocenters. The third-order valence-electron chi connectivity index (χ3n) is 4.87. The Kier molecular flexibility index (Phi) is 6.59. The van der Waals surface area contributed by atoms with Crippen molar-refractivity contribution in [1.29, 1.82) is 5.26 Å². The van der Waals surface area contributed by atoms with Crippen molar-refractivity contribution in [2.45, 2.75) is 25.4 Å². The van der Waals surface area contributed by atoms with E-state index in [1.54, 1.807) is 12.1 Å². The Bertz CT molecular complexity index is 828. The number of amides is 1. The van der Waals surface area contributed by atoms with Crippen molar-refractivity contribution < 1.29 is 9.90 Å². The zero-order chi connectivity index (χ0) is 19.1. The van der Waals surface area contributed by atoms with Gasteiger partial charge in [-0.25, -0.2) is 0 Å². The SMILES string of the molecule is N#Cc1cccc(-c2cccc(C(=O)NCCCN3CCC[C@H](O)C3)c2)c1. The Labute approximate surface area is 160 Å². The van der Waals surface area contributed by atoms with E-state index in [1.165, 1.54) is 0 Å². The van der Waals surface area contributed by atoms with Gasteiger partial charge in [-0.05, 0) is 67.7 Å². The molecule has 5 heteroatoms. The molecule has 1 aliphatic rings. The van der Waals surface area contributed by atoms with E-state index < -0.39 is 0 Å². The van der Waals surface area contributed by atoms with Gasteiger partial charge in [0.2, 0.25) is 0 Å². The molecular formula is C22H25N3O2. The largest absolute Gasteiger partial charge is 0.392 e. The van der Waals surface area contributed by atoms with Gasteiger partial charge in [-0.1, -0.05) is 24.3 Å². The number of rotatable bonds is 6. The molecule has 140 valence electrons. The highest BCUT2D eigenvalue weighted by atomic mass is 16.3. The zero-order valence-electron chi connectivity index (χ0n) is 15.4. The molecule has 3 rings (SSSR count). The number of hydrogen-bond acceptors (Lipinski definition) is 4. The lowest BCUT2D eigenvalue weighted by atomic mass is 10.0. The summed E-state index contributed by atoms with van der Waals surface area (Å²) in [5.41, 5.74) is 3.06. The standard InChI is InChI=1S/C22H25N3O2/c23-15-17-5-1-6-18(13-17)19-7-2-8-20(14-19)22(27)24-10-4-12-25-11-3-9-21(26)16-25/h1-2,5-8,13-14,21,26H,3-4,9-12,16H2,(H,24,27)/t21-/m0/s1. The molecule has 5 nitrogen and oxygen atoms in total. The molecule has 1 saturated heterocycles. The lowest BCUT2D eigenvalue weighted by Crippen LogP contribution is -2.39. The highest BCUT2D eigenvalue weighted by molar-refractivity contribution is 5.95. The predicted octanol–water partition coefficient (Wildman–Crippen LogP) is 2.80. The van der Waals surface area contributed by atoms with E-state index in [0.717, 1.165) is 50.0 Å². The minimum absolute atomic E-state index is 0.0908. The van der Waals surface area contributed by atoms with Gasteiger partial charge in [-0.15, -0.1) is 0 Å². The van der Waals surface area contributed by atoms with Crippen LogP contribution in [0, 0.1) is 11.3 Å². The molecule has 0 spiro atoms. The number of β-amino-alcohol motifs (C(OH)–C–C–N with tert-alkyl or cyclic N) is 1. The van der Waals surface area contributed by atoms with Crippen LogP contribution >= 0.6 is 0 Å². The summed E-state index contributed by atoms with van der Waals surface area (Å²) >= 11 is 0. The molecule has 0 radical (unpaired) electrons. The van der Waals surface area contributed by atoms with E-state index in [-0.39, 0.29) is 12.0 Å². The molecule has 1 amide bonds. The van der Waals surface area contributed by atoms with Crippen LogP contribution in [0.5, 0.6) is 0 Å². The number of piperidine rings is 1. The van der Waals surface area contributed by atoms with E-state index in [9.17, 15) is 9.90 Å². The van der Waals surface area contributed by atoms with Gasteiger partial charge in [-0.3, -0.25) is 4.79 Å². The van der Waals surface area contributed by atoms with Crippen LogP contribution in [0.25, 0.3) is 11.1 Å². The van der Waals surface area contributed by atoms with E-state index in [1.807, 2.05) is 36.4 Å². The molecule has 1 aliphatic heterocycles. The van der Waals surface area contributed by atoms with Crippen molar-refractivity contribution in [3.63, 3.8) is 0 Å². The van der Waals surface area contributed by atoms with Crippen LogP contribution in [0.3, 0.4) is 0 Å². The summed E-state index contributed by atoms with van der Waals surface area (Å²) in [6, 6.07) is 17.0. The molecule has 27 heavy (non-hydrogen) atoms. The lowest BCUT2D eigenvalue weighted by molar-refractivity contribution is 0.0697. The third kappa shape index (κ3) is 5.40. The summed E-state index contributed by atoms with van der Waals surface area (Å²) in [5, 5.41) is 21.7. The van der Waals surface area contributed by atoms with Crippen molar-refractivity contribution in [2.24, 2.45) is 0 Å². The van der Waals surface area contributed by atoms with Crippen LogP contribution in [0.2, 0.25) is 0 Å². The van der Waals surface area contributed by atoms with Gasteiger partial charge in [0.05, 0.1) is 17.7 Å². The summed E-state index contributed by atoms with van der Waals surface area (Å²) in [5.74, 6) is -0.0908. The summed E-state index contributed by atoms with van der Waals surface area (Å²) in [6.45, 7) is 3.25. The second kappa shape index (κ2) is 9.31. The van der Waals surface area contributed by atoms with Crippen molar-refractivity contribution in [3.8, 4) is 17.2 Å². The average Bonchev–Trinajstić information content (AvgIpc) is 2.71. The number of hydrogen-bond donors (Lipinski definition) is 2. The summed E-state index contributed by atoms with van der Waals surface area (Å²) in [4.78, 5) is 14.7. The Morgan fingerprint density at radius 1 is 1.22 bits per heavy atom. The number of benzene rings is 2. The Hall–Kier alpha value is -2.68. The van der Waals surface area contributed by atoms with Crippen LogP contribution in [0.4, 0.5) is 0 Å². The van der Waals surface area contributed by atoms with E-state index in [4.69, 9.17) is 5.26 Å². The van der Waals surface area contributed by atoms with Gasteiger partial charge in [0.15, 0.2) is 0 Å². The predicted molar refractivity (Wildman–Crippen MR) is 105 cm³/mol. The molecule has 0 bridgehead atoms. The molecule has 1 atom stereocenters. The van der Waals surface area contributed by atoms with Crippen molar-refractivity contribution >= 4 is 5.91 Å². The van der Waals surface area contributed by atoms with Gasteiger partial charge in [0.1, 0.15) is 0 Å². The van der Waals surface area contributed by atoms with Gasteiger partial charge in [-0.2, -0.15) is 5.26 Å². The van der Waals surface area contributed by atoms with Crippen LogP contribution in [0.15, 0.2) is 48.5 Å². The van der Waals surface area contributed by atoms with Gasteiger partial charge in [0.25, 0.3) is 5.91 Å². The minimum Gasteiger partial charge on any atom is -0.392 e. The second-order valence-electron chi connectivity index (χ2n) is 6.98. The second-order valence-corrected chi connectivity index (χ2v) is 6.98. The van der Waals surface area contributed by atoms with Crippen LogP contribution in [0.1, 0.15) is 35.2 Å². The summed E-state index contributed by atoms with van der Waals surface area (Å²) in [7, 11) is 0. The maximum atomic E-state index is 12.4. The number of nitriles is 1. The van der Waals surface area contributed by atoms with E-state index in [2.05, 4.69) is 16.3 Å². The number of likely N-dealkylation sites (tertiary alicyclic amines) is 1. The van der Waals surface area contributed by atoms with E-state index in [0.29, 0.717) is 17.7 Å².